The standard InChI is InChI=1S/C19H21N3O4S/c1-13(23)22-19(15-6-10-17(26-2)11-7-15)12-18(20-22)14-4-8-16(9-5-14)21-27(3,24)25/h4-11,19,21H,12H2,1-3H3/t19-/m0/s1. The molecule has 3 rings (SSSR count). The van der Waals surface area contributed by atoms with Gasteiger partial charge in [0.1, 0.15) is 5.75 Å². The molecule has 1 aliphatic heterocycles. The number of hydrazone groups is 1. The van der Waals surface area contributed by atoms with Crippen LogP contribution in [0.5, 0.6) is 5.75 Å². The first kappa shape index (κ1) is 18.9. The molecule has 0 radical (unpaired) electrons. The molecule has 1 aliphatic rings. The third-order valence-electron chi connectivity index (χ3n) is 4.25. The van der Waals surface area contributed by atoms with E-state index in [0.717, 1.165) is 28.8 Å². The van der Waals surface area contributed by atoms with Gasteiger partial charge in [-0.2, -0.15) is 5.10 Å². The molecule has 2 aromatic rings. The summed E-state index contributed by atoms with van der Waals surface area (Å²) in [5.41, 5.74) is 3.07. The number of benzene rings is 2. The van der Waals surface area contributed by atoms with E-state index in [4.69, 9.17) is 4.74 Å². The Morgan fingerprint density at radius 2 is 1.78 bits per heavy atom. The van der Waals surface area contributed by atoms with Gasteiger partial charge < -0.3 is 4.74 Å². The van der Waals surface area contributed by atoms with Crippen LogP contribution >= 0.6 is 0 Å². The van der Waals surface area contributed by atoms with Crippen molar-refractivity contribution >= 4 is 27.3 Å². The molecule has 27 heavy (non-hydrogen) atoms. The predicted octanol–water partition coefficient (Wildman–Crippen LogP) is 2.76. The lowest BCUT2D eigenvalue weighted by molar-refractivity contribution is -0.130. The van der Waals surface area contributed by atoms with Gasteiger partial charge in [-0.15, -0.1) is 0 Å². The van der Waals surface area contributed by atoms with Gasteiger partial charge in [0.15, 0.2) is 0 Å². The van der Waals surface area contributed by atoms with Crippen molar-refractivity contribution in [2.24, 2.45) is 5.10 Å². The fourth-order valence-electron chi connectivity index (χ4n) is 3.01. The molecule has 0 aromatic heterocycles. The lowest BCUT2D eigenvalue weighted by Crippen LogP contribution is -2.24. The van der Waals surface area contributed by atoms with Crippen molar-refractivity contribution < 1.29 is 17.9 Å². The van der Waals surface area contributed by atoms with Crippen LogP contribution in [0.3, 0.4) is 0 Å². The highest BCUT2D eigenvalue weighted by molar-refractivity contribution is 7.92. The van der Waals surface area contributed by atoms with E-state index in [1.807, 2.05) is 24.3 Å². The first-order chi connectivity index (χ1) is 12.8. The lowest BCUT2D eigenvalue weighted by Gasteiger charge is -2.20. The monoisotopic (exact) mass is 387 g/mol. The van der Waals surface area contributed by atoms with E-state index >= 15 is 0 Å². The number of hydrogen-bond donors (Lipinski definition) is 1. The van der Waals surface area contributed by atoms with Gasteiger partial charge in [-0.25, -0.2) is 13.4 Å². The second-order valence-corrected chi connectivity index (χ2v) is 8.10. The third-order valence-corrected chi connectivity index (χ3v) is 4.86. The Morgan fingerprint density at radius 3 is 2.30 bits per heavy atom. The van der Waals surface area contributed by atoms with Gasteiger partial charge in [0, 0.05) is 19.0 Å². The molecule has 0 saturated carbocycles. The number of carbonyl (C=O) groups excluding carboxylic acids is 1. The van der Waals surface area contributed by atoms with Gasteiger partial charge in [-0.05, 0) is 35.4 Å². The molecule has 1 heterocycles. The second-order valence-electron chi connectivity index (χ2n) is 6.35. The van der Waals surface area contributed by atoms with Gasteiger partial charge in [-0.3, -0.25) is 9.52 Å². The zero-order valence-electron chi connectivity index (χ0n) is 15.3. The number of anilines is 1. The molecule has 0 fully saturated rings. The average molecular weight is 387 g/mol. The second kappa shape index (κ2) is 7.40. The number of nitrogens with zero attached hydrogens (tertiary/aromatic N) is 2. The number of ether oxygens (including phenoxy) is 1. The number of amides is 1. The maximum absolute atomic E-state index is 12.1. The van der Waals surface area contributed by atoms with E-state index in [1.165, 1.54) is 11.9 Å². The third kappa shape index (κ3) is 4.46. The SMILES string of the molecule is COc1ccc([C@@H]2CC(c3ccc(NS(C)(=O)=O)cc3)=NN2C(C)=O)cc1. The lowest BCUT2D eigenvalue weighted by atomic mass is 9.98. The Hall–Kier alpha value is -2.87. The smallest absolute Gasteiger partial charge is 0.240 e. The minimum atomic E-state index is -3.32. The van der Waals surface area contributed by atoms with Crippen LogP contribution in [-0.4, -0.2) is 38.4 Å². The van der Waals surface area contributed by atoms with E-state index in [-0.39, 0.29) is 11.9 Å². The van der Waals surface area contributed by atoms with Crippen LogP contribution in [-0.2, 0) is 14.8 Å². The first-order valence-electron chi connectivity index (χ1n) is 8.36. The molecule has 7 nitrogen and oxygen atoms in total. The highest BCUT2D eigenvalue weighted by atomic mass is 32.2. The van der Waals surface area contributed by atoms with E-state index in [9.17, 15) is 13.2 Å². The summed E-state index contributed by atoms with van der Waals surface area (Å²) in [6.45, 7) is 1.49. The van der Waals surface area contributed by atoms with E-state index < -0.39 is 10.0 Å². The molecule has 1 atom stereocenters. The molecular weight excluding hydrogens is 366 g/mol. The van der Waals surface area contributed by atoms with Crippen LogP contribution in [0, 0.1) is 0 Å². The predicted molar refractivity (Wildman–Crippen MR) is 104 cm³/mol. The summed E-state index contributed by atoms with van der Waals surface area (Å²) >= 11 is 0. The van der Waals surface area contributed by atoms with Gasteiger partial charge in [-0.1, -0.05) is 24.3 Å². The molecule has 142 valence electrons. The Balaban J connectivity index is 1.84. The Bertz CT molecular complexity index is 967. The van der Waals surface area contributed by atoms with Crippen LogP contribution in [0.4, 0.5) is 5.69 Å². The van der Waals surface area contributed by atoms with Crippen molar-refractivity contribution in [3.05, 3.63) is 59.7 Å². The maximum atomic E-state index is 12.1. The molecule has 0 bridgehead atoms. The summed E-state index contributed by atoms with van der Waals surface area (Å²) in [4.78, 5) is 12.1. The van der Waals surface area contributed by atoms with Crippen LogP contribution < -0.4 is 9.46 Å². The molecule has 1 amide bonds. The van der Waals surface area contributed by atoms with E-state index in [1.54, 1.807) is 31.4 Å². The summed E-state index contributed by atoms with van der Waals surface area (Å²) in [5, 5.41) is 5.98. The van der Waals surface area contributed by atoms with Crippen molar-refractivity contribution in [1.29, 1.82) is 0 Å². The molecule has 8 heteroatoms. The summed E-state index contributed by atoms with van der Waals surface area (Å²) in [5.74, 6) is 0.613. The minimum absolute atomic E-state index is 0.138. The van der Waals surface area contributed by atoms with Crippen molar-refractivity contribution in [3.63, 3.8) is 0 Å². The zero-order valence-corrected chi connectivity index (χ0v) is 16.2. The van der Waals surface area contributed by atoms with Gasteiger partial charge in [0.05, 0.1) is 25.1 Å². The highest BCUT2D eigenvalue weighted by Crippen LogP contribution is 2.33. The maximum Gasteiger partial charge on any atom is 0.240 e. The molecule has 1 N–H and O–H groups in total. The Kier molecular flexibility index (Phi) is 5.18. The van der Waals surface area contributed by atoms with Crippen molar-refractivity contribution in [3.8, 4) is 5.75 Å². The normalized spacial score (nSPS) is 16.8. The fraction of sp³-hybridized carbons (Fsp3) is 0.263. The summed E-state index contributed by atoms with van der Waals surface area (Å²) in [6, 6.07) is 14.3. The Morgan fingerprint density at radius 1 is 1.15 bits per heavy atom. The Labute approximate surface area is 158 Å². The minimum Gasteiger partial charge on any atom is -0.497 e. The quantitative estimate of drug-likeness (QED) is 0.854. The first-order valence-corrected chi connectivity index (χ1v) is 10.3. The van der Waals surface area contributed by atoms with E-state index in [2.05, 4.69) is 9.82 Å². The highest BCUT2D eigenvalue weighted by Gasteiger charge is 2.31. The molecule has 0 spiro atoms. The van der Waals surface area contributed by atoms with Crippen molar-refractivity contribution in [1.82, 2.24) is 5.01 Å². The molecular formula is C19H21N3O4S. The molecule has 0 saturated heterocycles. The number of rotatable bonds is 5. The number of nitrogens with one attached hydrogen (secondary N) is 1. The molecule has 0 unspecified atom stereocenters. The largest absolute Gasteiger partial charge is 0.497 e. The topological polar surface area (TPSA) is 88.1 Å². The number of hydrogen-bond acceptors (Lipinski definition) is 5. The van der Waals surface area contributed by atoms with Gasteiger partial charge in [0.2, 0.25) is 15.9 Å². The van der Waals surface area contributed by atoms with Crippen LogP contribution in [0.25, 0.3) is 0 Å². The molecule has 0 aliphatic carbocycles. The summed E-state index contributed by atoms with van der Waals surface area (Å²) in [7, 11) is -1.72. The van der Waals surface area contributed by atoms with Crippen molar-refractivity contribution in [2.45, 2.75) is 19.4 Å². The number of sulfonamides is 1. The van der Waals surface area contributed by atoms with Gasteiger partial charge in [0.25, 0.3) is 0 Å². The van der Waals surface area contributed by atoms with Crippen LogP contribution in [0.15, 0.2) is 53.6 Å². The van der Waals surface area contributed by atoms with Crippen LogP contribution in [0.2, 0.25) is 0 Å². The fourth-order valence-corrected chi connectivity index (χ4v) is 3.57. The number of carbonyl (C=O) groups is 1. The number of methoxy groups -OCH3 is 1. The van der Waals surface area contributed by atoms with Gasteiger partial charge >= 0.3 is 0 Å². The molecule has 2 aromatic carbocycles. The zero-order chi connectivity index (χ0) is 19.6. The summed E-state index contributed by atoms with van der Waals surface area (Å²) in [6.07, 6.45) is 1.68. The van der Waals surface area contributed by atoms with E-state index in [0.29, 0.717) is 12.1 Å². The summed E-state index contributed by atoms with van der Waals surface area (Å²) < 4.78 is 30.2. The van der Waals surface area contributed by atoms with Crippen molar-refractivity contribution in [2.75, 3.05) is 18.1 Å². The average Bonchev–Trinajstić information content (AvgIpc) is 3.07. The van der Waals surface area contributed by atoms with Crippen LogP contribution in [0.1, 0.15) is 30.5 Å².